The second kappa shape index (κ2) is 9.18. The van der Waals surface area contributed by atoms with Crippen LogP contribution in [0.3, 0.4) is 0 Å². The van der Waals surface area contributed by atoms with E-state index in [2.05, 4.69) is 26.1 Å². The van der Waals surface area contributed by atoms with Gasteiger partial charge in [0.25, 0.3) is 0 Å². The lowest BCUT2D eigenvalue weighted by Gasteiger charge is -2.41. The van der Waals surface area contributed by atoms with Crippen LogP contribution >= 0.6 is 0 Å². The molecule has 1 nitrogen and oxygen atoms in total. The summed E-state index contributed by atoms with van der Waals surface area (Å²) in [7, 11) is 0. The van der Waals surface area contributed by atoms with Gasteiger partial charge in [-0.3, -0.25) is 0 Å². The van der Waals surface area contributed by atoms with Crippen LogP contribution in [0.4, 0.5) is 0 Å². The number of nitrogens with one attached hydrogen (secondary N) is 1. The molecule has 21 heavy (non-hydrogen) atoms. The molecule has 2 aliphatic carbocycles. The van der Waals surface area contributed by atoms with Crippen molar-refractivity contribution in [1.82, 2.24) is 5.32 Å². The summed E-state index contributed by atoms with van der Waals surface area (Å²) in [6, 6.07) is 0.828. The summed E-state index contributed by atoms with van der Waals surface area (Å²) < 4.78 is 0. The van der Waals surface area contributed by atoms with Crippen molar-refractivity contribution in [3.05, 3.63) is 0 Å². The SMILES string of the molecule is CCCCC1CCC(C(NCC)C2CCC(C)CC2)CC1. The number of rotatable bonds is 7. The first-order chi connectivity index (χ1) is 10.2. The van der Waals surface area contributed by atoms with E-state index in [1.54, 1.807) is 0 Å². The largest absolute Gasteiger partial charge is 0.314 e. The minimum atomic E-state index is 0.828. The second-order valence-electron chi connectivity index (χ2n) is 8.03. The minimum Gasteiger partial charge on any atom is -0.314 e. The summed E-state index contributed by atoms with van der Waals surface area (Å²) in [6.45, 7) is 8.23. The zero-order chi connectivity index (χ0) is 15.1. The molecule has 1 heteroatoms. The first-order valence-electron chi connectivity index (χ1n) is 9.97. The Morgan fingerprint density at radius 2 is 1.43 bits per heavy atom. The van der Waals surface area contributed by atoms with E-state index >= 15 is 0 Å². The summed E-state index contributed by atoms with van der Waals surface area (Å²) in [5.41, 5.74) is 0. The first-order valence-corrected chi connectivity index (χ1v) is 9.97. The molecule has 2 rings (SSSR count). The minimum absolute atomic E-state index is 0.828. The normalized spacial score (nSPS) is 35.6. The van der Waals surface area contributed by atoms with Crippen molar-refractivity contribution in [2.75, 3.05) is 6.54 Å². The number of hydrogen-bond donors (Lipinski definition) is 1. The Morgan fingerprint density at radius 3 is 1.95 bits per heavy atom. The van der Waals surface area contributed by atoms with Gasteiger partial charge in [-0.25, -0.2) is 0 Å². The topological polar surface area (TPSA) is 12.0 Å². The third kappa shape index (κ3) is 5.27. The van der Waals surface area contributed by atoms with Crippen LogP contribution in [-0.4, -0.2) is 12.6 Å². The lowest BCUT2D eigenvalue weighted by Crippen LogP contribution is -2.44. The van der Waals surface area contributed by atoms with Gasteiger partial charge in [-0.05, 0) is 55.9 Å². The molecular weight excluding hydrogens is 254 g/mol. The van der Waals surface area contributed by atoms with Crippen LogP contribution in [0.15, 0.2) is 0 Å². The van der Waals surface area contributed by atoms with Crippen molar-refractivity contribution in [2.45, 2.75) is 97.4 Å². The van der Waals surface area contributed by atoms with E-state index in [-0.39, 0.29) is 0 Å². The summed E-state index contributed by atoms with van der Waals surface area (Å²) >= 11 is 0. The molecule has 124 valence electrons. The van der Waals surface area contributed by atoms with Crippen LogP contribution < -0.4 is 5.32 Å². The Bertz CT molecular complexity index is 259. The van der Waals surface area contributed by atoms with Crippen LogP contribution in [0.2, 0.25) is 0 Å². The Balaban J connectivity index is 1.82. The van der Waals surface area contributed by atoms with Gasteiger partial charge >= 0.3 is 0 Å². The Morgan fingerprint density at radius 1 is 0.857 bits per heavy atom. The van der Waals surface area contributed by atoms with E-state index in [0.29, 0.717) is 0 Å². The second-order valence-corrected chi connectivity index (χ2v) is 8.03. The smallest absolute Gasteiger partial charge is 0.0123 e. The molecule has 0 spiro atoms. The highest BCUT2D eigenvalue weighted by atomic mass is 14.9. The Labute approximate surface area is 133 Å². The van der Waals surface area contributed by atoms with Gasteiger partial charge in [0.15, 0.2) is 0 Å². The average molecular weight is 294 g/mol. The predicted molar refractivity (Wildman–Crippen MR) is 93.6 cm³/mol. The fourth-order valence-corrected chi connectivity index (χ4v) is 4.93. The van der Waals surface area contributed by atoms with Crippen molar-refractivity contribution in [3.63, 3.8) is 0 Å². The lowest BCUT2D eigenvalue weighted by atomic mass is 9.70. The Hall–Kier alpha value is -0.0400. The zero-order valence-corrected chi connectivity index (χ0v) is 14.9. The standard InChI is InChI=1S/C20H39N/c1-4-6-7-17-10-14-19(15-11-17)20(21-5-2)18-12-8-16(3)9-13-18/h16-21H,4-15H2,1-3H3. The van der Waals surface area contributed by atoms with Crippen LogP contribution in [0, 0.1) is 23.7 Å². The molecule has 1 N–H and O–H groups in total. The Kier molecular flexibility index (Phi) is 7.57. The van der Waals surface area contributed by atoms with E-state index in [0.717, 1.165) is 36.3 Å². The maximum absolute atomic E-state index is 3.89. The molecule has 0 bridgehead atoms. The third-order valence-corrected chi connectivity index (χ3v) is 6.37. The molecule has 0 aliphatic heterocycles. The quantitative estimate of drug-likeness (QED) is 0.626. The molecule has 0 aromatic heterocycles. The predicted octanol–water partition coefficient (Wildman–Crippen LogP) is 5.79. The maximum Gasteiger partial charge on any atom is 0.0123 e. The lowest BCUT2D eigenvalue weighted by molar-refractivity contribution is 0.139. The van der Waals surface area contributed by atoms with E-state index in [4.69, 9.17) is 0 Å². The summed E-state index contributed by atoms with van der Waals surface area (Å²) in [4.78, 5) is 0. The maximum atomic E-state index is 3.89. The summed E-state index contributed by atoms with van der Waals surface area (Å²) in [6.07, 6.45) is 16.2. The fraction of sp³-hybridized carbons (Fsp3) is 1.00. The highest BCUT2D eigenvalue weighted by molar-refractivity contribution is 4.88. The third-order valence-electron chi connectivity index (χ3n) is 6.37. The van der Waals surface area contributed by atoms with Crippen molar-refractivity contribution >= 4 is 0 Å². The van der Waals surface area contributed by atoms with Crippen LogP contribution in [0.1, 0.15) is 91.4 Å². The number of unbranched alkanes of at least 4 members (excludes halogenated alkanes) is 1. The molecule has 0 aromatic carbocycles. The monoisotopic (exact) mass is 293 g/mol. The highest BCUT2D eigenvalue weighted by Crippen LogP contribution is 2.39. The van der Waals surface area contributed by atoms with Crippen LogP contribution in [-0.2, 0) is 0 Å². The van der Waals surface area contributed by atoms with Gasteiger partial charge in [0, 0.05) is 6.04 Å². The molecule has 1 unspecified atom stereocenters. The van der Waals surface area contributed by atoms with E-state index in [9.17, 15) is 0 Å². The molecule has 2 saturated carbocycles. The fourth-order valence-electron chi connectivity index (χ4n) is 4.93. The van der Waals surface area contributed by atoms with Crippen molar-refractivity contribution in [3.8, 4) is 0 Å². The molecule has 0 aromatic rings. The van der Waals surface area contributed by atoms with E-state index < -0.39 is 0 Å². The molecule has 0 heterocycles. The van der Waals surface area contributed by atoms with Gasteiger partial charge in [-0.1, -0.05) is 65.7 Å². The zero-order valence-electron chi connectivity index (χ0n) is 14.9. The van der Waals surface area contributed by atoms with Crippen LogP contribution in [0.25, 0.3) is 0 Å². The summed E-state index contributed by atoms with van der Waals surface area (Å²) in [5.74, 6) is 3.97. The molecule has 2 fully saturated rings. The van der Waals surface area contributed by atoms with Gasteiger partial charge in [0.2, 0.25) is 0 Å². The molecule has 0 radical (unpaired) electrons. The van der Waals surface area contributed by atoms with Crippen molar-refractivity contribution in [2.24, 2.45) is 23.7 Å². The van der Waals surface area contributed by atoms with E-state index in [1.165, 1.54) is 70.6 Å². The van der Waals surface area contributed by atoms with Gasteiger partial charge < -0.3 is 5.32 Å². The first kappa shape index (κ1) is 17.3. The van der Waals surface area contributed by atoms with Crippen LogP contribution in [0.5, 0.6) is 0 Å². The summed E-state index contributed by atoms with van der Waals surface area (Å²) in [5, 5.41) is 3.89. The molecule has 0 saturated heterocycles. The van der Waals surface area contributed by atoms with Crippen molar-refractivity contribution in [1.29, 1.82) is 0 Å². The van der Waals surface area contributed by atoms with Crippen molar-refractivity contribution < 1.29 is 0 Å². The van der Waals surface area contributed by atoms with Gasteiger partial charge in [0.05, 0.1) is 0 Å². The van der Waals surface area contributed by atoms with Gasteiger partial charge in [-0.15, -0.1) is 0 Å². The van der Waals surface area contributed by atoms with Gasteiger partial charge in [-0.2, -0.15) is 0 Å². The number of hydrogen-bond acceptors (Lipinski definition) is 1. The highest BCUT2D eigenvalue weighted by Gasteiger charge is 2.33. The van der Waals surface area contributed by atoms with E-state index in [1.807, 2.05) is 0 Å². The average Bonchev–Trinajstić information content (AvgIpc) is 2.52. The molecule has 0 amide bonds. The molecule has 2 aliphatic rings. The molecular formula is C20H39N. The van der Waals surface area contributed by atoms with Gasteiger partial charge in [0.1, 0.15) is 0 Å². The molecule has 1 atom stereocenters.